The second-order valence-corrected chi connectivity index (χ2v) is 24.5. The number of ether oxygens (including phenoxy) is 6. The van der Waals surface area contributed by atoms with Gasteiger partial charge in [-0.1, -0.05) is 119 Å². The number of aliphatic hydroxyl groups excluding tert-OH is 1. The third kappa shape index (κ3) is 27.3. The Kier molecular flexibility index (Phi) is 38.3. The summed E-state index contributed by atoms with van der Waals surface area (Å²) in [6.45, 7) is 19.4. The minimum atomic E-state index is -0.889. The van der Waals surface area contributed by atoms with E-state index in [1.807, 2.05) is 74.5 Å². The predicted molar refractivity (Wildman–Crippen MR) is 374 cm³/mol. The number of methoxy groups -OCH3 is 1. The van der Waals surface area contributed by atoms with E-state index in [1.165, 1.54) is 30.0 Å². The zero-order valence-electron chi connectivity index (χ0n) is 55.4. The molecule has 2 fully saturated rings. The van der Waals surface area contributed by atoms with E-state index in [-0.39, 0.29) is 103 Å². The number of hydrogen-bond acceptors (Lipinski definition) is 14. The molecule has 5 N–H and O–H groups in total. The number of carbonyl (C=O) groups excluding carboxylic acids is 3. The summed E-state index contributed by atoms with van der Waals surface area (Å²) in [5.74, 6) is 6.33. The second kappa shape index (κ2) is 41.5. The third-order valence-electron chi connectivity index (χ3n) is 15.1. The summed E-state index contributed by atoms with van der Waals surface area (Å²) in [6, 6.07) is 57.7. The van der Waals surface area contributed by atoms with Crippen LogP contribution in [0, 0.1) is 30.1 Å². The number of phenols is 4. The zero-order chi connectivity index (χ0) is 66.2. The number of aliphatic hydroxyl groups is 1. The molecular formula is C77H95Cl3NaO14-. The van der Waals surface area contributed by atoms with Gasteiger partial charge in [0.25, 0.3) is 0 Å². The van der Waals surface area contributed by atoms with Crippen molar-refractivity contribution >= 4 is 40.0 Å². The molecular weight excluding hydrogens is 1280 g/mol. The largest absolute Gasteiger partial charge is 1.00 e. The van der Waals surface area contributed by atoms with Gasteiger partial charge < -0.3 is 73.8 Å². The molecule has 0 aliphatic heterocycles. The van der Waals surface area contributed by atoms with Gasteiger partial charge in [-0.3, -0.25) is 9.59 Å². The van der Waals surface area contributed by atoms with Crippen molar-refractivity contribution in [3.8, 4) is 69.0 Å². The van der Waals surface area contributed by atoms with Crippen LogP contribution in [0.25, 0.3) is 0 Å². The van der Waals surface area contributed by atoms with Crippen LogP contribution in [-0.4, -0.2) is 56.6 Å². The molecule has 3 atom stereocenters. The van der Waals surface area contributed by atoms with E-state index in [0.29, 0.717) is 63.6 Å². The molecule has 510 valence electrons. The summed E-state index contributed by atoms with van der Waals surface area (Å²) < 4.78 is 31.8. The van der Waals surface area contributed by atoms with E-state index >= 15 is 0 Å². The van der Waals surface area contributed by atoms with E-state index in [9.17, 15) is 19.8 Å². The number of esters is 1. The van der Waals surface area contributed by atoms with Crippen molar-refractivity contribution in [3.63, 3.8) is 0 Å². The summed E-state index contributed by atoms with van der Waals surface area (Å²) >= 11 is 8.80. The monoisotopic (exact) mass is 1370 g/mol. The third-order valence-corrected chi connectivity index (χ3v) is 15.1. The molecule has 10 rings (SSSR count). The van der Waals surface area contributed by atoms with E-state index < -0.39 is 10.9 Å². The van der Waals surface area contributed by atoms with Gasteiger partial charge in [0, 0.05) is 24.9 Å². The average Bonchev–Trinajstić information content (AvgIpc) is 0.757. The van der Waals surface area contributed by atoms with Crippen molar-refractivity contribution in [2.24, 2.45) is 22.7 Å². The number of carbonyl (C=O) groups is 3. The van der Waals surface area contributed by atoms with E-state index in [4.69, 9.17) is 48.5 Å². The Morgan fingerprint density at radius 3 is 0.874 bits per heavy atom. The fourth-order valence-electron chi connectivity index (χ4n) is 12.5. The Labute approximate surface area is 602 Å². The quantitative estimate of drug-likeness (QED) is 0.0193. The van der Waals surface area contributed by atoms with Gasteiger partial charge in [-0.05, 0) is 252 Å². The van der Waals surface area contributed by atoms with E-state index in [2.05, 4.69) is 101 Å². The Hall–Kier alpha value is -7.40. The van der Waals surface area contributed by atoms with Crippen LogP contribution in [0.1, 0.15) is 138 Å². The molecule has 0 bridgehead atoms. The van der Waals surface area contributed by atoms with Crippen LogP contribution < -0.4 is 70.4 Å². The maximum absolute atomic E-state index is 12.6. The van der Waals surface area contributed by atoms with E-state index in [0.717, 1.165) is 50.5 Å². The fraction of sp³-hybridized carbons (Fsp3) is 0.325. The number of halogens is 3. The van der Waals surface area contributed by atoms with Gasteiger partial charge in [0.2, 0.25) is 0 Å². The van der Waals surface area contributed by atoms with Gasteiger partial charge in [0.15, 0.2) is 0 Å². The average molecular weight is 1370 g/mol. The van der Waals surface area contributed by atoms with Gasteiger partial charge in [0.1, 0.15) is 69.0 Å². The Balaban J connectivity index is 0.00000145. The number of hydrogen-bond donors (Lipinski definition) is 5. The normalized spacial score (nSPS) is 16.2. The van der Waals surface area contributed by atoms with Gasteiger partial charge in [0.05, 0.1) is 7.11 Å². The van der Waals surface area contributed by atoms with Crippen LogP contribution in [0.2, 0.25) is 0 Å². The molecule has 0 amide bonds. The molecule has 0 saturated heterocycles. The maximum atomic E-state index is 12.6. The molecule has 8 aromatic carbocycles. The first-order valence-electron chi connectivity index (χ1n) is 29.7. The molecule has 0 aromatic heterocycles. The summed E-state index contributed by atoms with van der Waals surface area (Å²) in [6.07, 6.45) is 5.63. The van der Waals surface area contributed by atoms with Crippen molar-refractivity contribution < 1.29 is 110 Å². The SMILES string of the molecule is C.C.CC.CC1CC(C)(C)CC(c2ccc(O)cc2)(c2ccc(O)cc2)C1.CO.COc1ccc(Oc2ccc(OC(=O)Oc3ccc(C4(c5ccc(OC(C)=O)cc5)CC(C)CC(C)(C)C4)cc3)cc2)cc1.O=C(Cl)Cl.Oc1ccc(Oc2ccc(O)cc2)cc1.[CH3-].[Cl-].[Na+]. The van der Waals surface area contributed by atoms with Crippen LogP contribution in [-0.2, 0) is 15.6 Å². The maximum Gasteiger partial charge on any atom is 1.00 e. The Bertz CT molecular complexity index is 3380. The minimum Gasteiger partial charge on any atom is -1.00 e. The first-order chi connectivity index (χ1) is 42.8. The van der Waals surface area contributed by atoms with E-state index in [1.54, 1.807) is 104 Å². The Morgan fingerprint density at radius 2 is 0.621 bits per heavy atom. The zero-order valence-corrected chi connectivity index (χ0v) is 59.7. The number of aromatic hydroxyl groups is 4. The van der Waals surface area contributed by atoms with Gasteiger partial charge in [-0.2, -0.15) is 0 Å². The van der Waals surface area contributed by atoms with Gasteiger partial charge >= 0.3 is 46.4 Å². The number of rotatable bonds is 12. The molecule has 14 nitrogen and oxygen atoms in total. The van der Waals surface area contributed by atoms with Crippen LogP contribution in [0.4, 0.5) is 9.59 Å². The summed E-state index contributed by atoms with van der Waals surface area (Å²) in [4.78, 5) is 33.0. The summed E-state index contributed by atoms with van der Waals surface area (Å²) in [5.41, 5.74) is 4.88. The van der Waals surface area contributed by atoms with Crippen molar-refractivity contribution in [2.75, 3.05) is 14.2 Å². The van der Waals surface area contributed by atoms with Crippen LogP contribution >= 0.6 is 23.2 Å². The fourth-order valence-corrected chi connectivity index (χ4v) is 12.5. The first-order valence-corrected chi connectivity index (χ1v) is 30.4. The van der Waals surface area contributed by atoms with Crippen molar-refractivity contribution in [3.05, 3.63) is 224 Å². The van der Waals surface area contributed by atoms with Crippen LogP contribution in [0.15, 0.2) is 194 Å². The van der Waals surface area contributed by atoms with Crippen molar-refractivity contribution in [2.45, 2.75) is 127 Å². The van der Waals surface area contributed by atoms with Crippen molar-refractivity contribution in [1.82, 2.24) is 0 Å². The topological polar surface area (TPSA) is 208 Å². The van der Waals surface area contributed by atoms with Crippen LogP contribution in [0.3, 0.4) is 0 Å². The molecule has 0 spiro atoms. The summed E-state index contributed by atoms with van der Waals surface area (Å²) in [5, 5.41) is 44.5. The predicted octanol–water partition coefficient (Wildman–Crippen LogP) is 15.2. The molecule has 3 unspecified atom stereocenters. The molecule has 8 aromatic rings. The standard InChI is InChI=1S/C37H38O7.C21H26O2.C12H10O3.C2H6.CCl2O.CH4O.2CH4.CH3.ClH.Na/c1-25-22-36(3,4)24-37(23-25,27-6-10-30(11-7-27)41-26(2)38)28-8-12-33(13-9-28)43-35(39)44-34-20-18-32(19-21-34)42-31-16-14-29(40-5)15-17-31;1-15-12-20(2,3)14-21(13-15,16-4-8-18(22)9-5-16)17-6-10-19(23)11-7-17;13-9-1-5-11(6-2-9)15-12-7-3-10(14)4-8-12;1-2;2-1(3)4;1-2;;;;;/h6-21,25H,22-24H2,1-5H3;4-11,15,22-23H,12-14H2,1-3H3;1-8,13-14H;1-2H3;;2H,1H3;2*1H4;1H3;1H;/q;;;;;;;;-1;;+1/p-1. The molecule has 0 radical (unpaired) electrons. The summed E-state index contributed by atoms with van der Waals surface area (Å²) in [7, 11) is 2.61. The Morgan fingerprint density at radius 1 is 0.411 bits per heavy atom. The smallest absolute Gasteiger partial charge is 1.00 e. The number of benzene rings is 8. The molecule has 2 saturated carbocycles. The molecule has 2 aliphatic rings. The number of phenolic OH excluding ortho intramolecular Hbond substituents is 4. The van der Waals surface area contributed by atoms with Gasteiger partial charge in [-0.25, -0.2) is 4.79 Å². The molecule has 18 heteroatoms. The molecule has 2 aliphatic carbocycles. The molecule has 0 heterocycles. The minimum absolute atomic E-state index is 0. The van der Waals surface area contributed by atoms with Crippen molar-refractivity contribution in [1.29, 1.82) is 0 Å². The molecule has 95 heavy (non-hydrogen) atoms. The van der Waals surface area contributed by atoms with Gasteiger partial charge in [-0.15, -0.1) is 0 Å². The van der Waals surface area contributed by atoms with Crippen LogP contribution in [0.5, 0.6) is 69.0 Å². The first kappa shape index (κ1) is 87.6. The second-order valence-electron chi connectivity index (χ2n) is 23.6.